The Labute approximate surface area is 127 Å². The molecule has 108 valence electrons. The highest BCUT2D eigenvalue weighted by Crippen LogP contribution is 2.29. The Hall–Kier alpha value is -0.0700. The van der Waals surface area contributed by atoms with Crippen molar-refractivity contribution in [1.29, 1.82) is 0 Å². The van der Waals surface area contributed by atoms with Crippen molar-refractivity contribution in [2.75, 3.05) is 23.9 Å². The molecule has 0 N–H and O–H groups in total. The fourth-order valence-corrected chi connectivity index (χ4v) is 3.32. The molecule has 1 nitrogen and oxygen atoms in total. The van der Waals surface area contributed by atoms with E-state index in [1.807, 2.05) is 30.3 Å². The van der Waals surface area contributed by atoms with Crippen molar-refractivity contribution in [2.45, 2.75) is 12.6 Å². The quantitative estimate of drug-likeness (QED) is 0.605. The molecule has 1 rings (SSSR count). The van der Waals surface area contributed by atoms with E-state index in [2.05, 4.69) is 31.9 Å². The van der Waals surface area contributed by atoms with E-state index >= 15 is 0 Å². The van der Waals surface area contributed by atoms with E-state index in [0.717, 1.165) is 5.56 Å². The Morgan fingerprint density at radius 2 is 1.53 bits per heavy atom. The van der Waals surface area contributed by atoms with E-state index in [0.29, 0.717) is 17.1 Å². The standard InChI is InChI=1S/C13H15Br2F3O/c14-7-12(8-15,9-19-10-13(16,17)18)6-11-4-2-1-3-5-11/h1-5H,6-10H2. The lowest BCUT2D eigenvalue weighted by molar-refractivity contribution is -0.179. The molecule has 1 aromatic carbocycles. The zero-order valence-electron chi connectivity index (χ0n) is 10.2. The molecule has 0 bridgehead atoms. The minimum Gasteiger partial charge on any atom is -0.371 e. The van der Waals surface area contributed by atoms with Gasteiger partial charge in [-0.2, -0.15) is 13.2 Å². The molecule has 1 aromatic rings. The molecule has 0 saturated carbocycles. The number of benzene rings is 1. The molecule has 19 heavy (non-hydrogen) atoms. The molecule has 0 saturated heterocycles. The highest BCUT2D eigenvalue weighted by Gasteiger charge is 2.32. The van der Waals surface area contributed by atoms with Crippen molar-refractivity contribution in [3.05, 3.63) is 35.9 Å². The van der Waals surface area contributed by atoms with Crippen LogP contribution in [0.25, 0.3) is 0 Å². The van der Waals surface area contributed by atoms with Crippen molar-refractivity contribution in [2.24, 2.45) is 5.41 Å². The summed E-state index contributed by atoms with van der Waals surface area (Å²) in [6.45, 7) is -1.15. The number of hydrogen-bond donors (Lipinski definition) is 0. The average Bonchev–Trinajstić information content (AvgIpc) is 2.37. The summed E-state index contributed by atoms with van der Waals surface area (Å²) in [6, 6.07) is 9.67. The Morgan fingerprint density at radius 1 is 0.947 bits per heavy atom. The van der Waals surface area contributed by atoms with E-state index in [-0.39, 0.29) is 12.0 Å². The molecular formula is C13H15Br2F3O. The van der Waals surface area contributed by atoms with Gasteiger partial charge in [-0.1, -0.05) is 62.2 Å². The van der Waals surface area contributed by atoms with Gasteiger partial charge in [0.15, 0.2) is 0 Å². The summed E-state index contributed by atoms with van der Waals surface area (Å²) < 4.78 is 41.2. The number of alkyl halides is 5. The molecule has 0 amide bonds. The molecule has 0 unspecified atom stereocenters. The van der Waals surface area contributed by atoms with E-state index in [4.69, 9.17) is 4.74 Å². The normalized spacial score (nSPS) is 12.7. The Kier molecular flexibility index (Phi) is 6.83. The molecule has 0 heterocycles. The maximum absolute atomic E-state index is 12.1. The van der Waals surface area contributed by atoms with Crippen LogP contribution >= 0.6 is 31.9 Å². The zero-order valence-corrected chi connectivity index (χ0v) is 13.4. The van der Waals surface area contributed by atoms with E-state index in [9.17, 15) is 13.2 Å². The van der Waals surface area contributed by atoms with Crippen LogP contribution in [0.4, 0.5) is 13.2 Å². The van der Waals surface area contributed by atoms with Crippen LogP contribution in [0.5, 0.6) is 0 Å². The second kappa shape index (κ2) is 7.64. The average molecular weight is 404 g/mol. The second-order valence-corrected chi connectivity index (χ2v) is 5.66. The molecule has 6 heteroatoms. The molecule has 0 aliphatic heterocycles. The molecule has 0 aliphatic rings. The van der Waals surface area contributed by atoms with Gasteiger partial charge in [-0.25, -0.2) is 0 Å². The van der Waals surface area contributed by atoms with E-state index in [1.54, 1.807) is 0 Å². The lowest BCUT2D eigenvalue weighted by Crippen LogP contribution is -2.35. The van der Waals surface area contributed by atoms with Gasteiger partial charge in [0, 0.05) is 16.1 Å². The van der Waals surface area contributed by atoms with E-state index < -0.39 is 12.8 Å². The summed E-state index contributed by atoms with van der Waals surface area (Å²) in [5.41, 5.74) is 0.698. The minimum absolute atomic E-state index is 0.0535. The lowest BCUT2D eigenvalue weighted by Gasteiger charge is -2.30. The predicted molar refractivity (Wildman–Crippen MR) is 77.0 cm³/mol. The molecule has 0 radical (unpaired) electrons. The maximum atomic E-state index is 12.1. The highest BCUT2D eigenvalue weighted by atomic mass is 79.9. The predicted octanol–water partition coefficient (Wildman–Crippen LogP) is 4.58. The van der Waals surface area contributed by atoms with Gasteiger partial charge in [-0.3, -0.25) is 0 Å². The van der Waals surface area contributed by atoms with Gasteiger partial charge in [0.05, 0.1) is 6.61 Å². The fourth-order valence-electron chi connectivity index (χ4n) is 1.67. The summed E-state index contributed by atoms with van der Waals surface area (Å²) in [5, 5.41) is 1.13. The summed E-state index contributed by atoms with van der Waals surface area (Å²) in [6.07, 6.45) is -3.63. The van der Waals surface area contributed by atoms with Gasteiger partial charge in [-0.05, 0) is 12.0 Å². The number of halogens is 5. The molecule has 0 fully saturated rings. The van der Waals surface area contributed by atoms with Crippen molar-refractivity contribution >= 4 is 31.9 Å². The third-order valence-electron chi connectivity index (χ3n) is 2.66. The number of rotatable bonds is 7. The van der Waals surface area contributed by atoms with Crippen LogP contribution in [0.2, 0.25) is 0 Å². The van der Waals surface area contributed by atoms with Crippen molar-refractivity contribution in [1.82, 2.24) is 0 Å². The lowest BCUT2D eigenvalue weighted by atomic mass is 9.86. The van der Waals surface area contributed by atoms with Gasteiger partial charge < -0.3 is 4.74 Å². The van der Waals surface area contributed by atoms with Crippen LogP contribution in [-0.4, -0.2) is 30.1 Å². The minimum atomic E-state index is -4.28. The summed E-state index contributed by atoms with van der Waals surface area (Å²) in [4.78, 5) is 0. The van der Waals surface area contributed by atoms with E-state index in [1.165, 1.54) is 0 Å². The number of hydrogen-bond acceptors (Lipinski definition) is 1. The summed E-state index contributed by atoms with van der Waals surface area (Å²) in [7, 11) is 0. The van der Waals surface area contributed by atoms with Gasteiger partial charge in [0.1, 0.15) is 6.61 Å². The van der Waals surface area contributed by atoms with Crippen molar-refractivity contribution in [3.63, 3.8) is 0 Å². The van der Waals surface area contributed by atoms with Gasteiger partial charge in [0.2, 0.25) is 0 Å². The van der Waals surface area contributed by atoms with Gasteiger partial charge in [0.25, 0.3) is 0 Å². The Bertz CT molecular complexity index is 364. The zero-order chi connectivity index (χ0) is 14.4. The maximum Gasteiger partial charge on any atom is 0.411 e. The first-order valence-electron chi connectivity index (χ1n) is 5.71. The Morgan fingerprint density at radius 3 is 2.00 bits per heavy atom. The van der Waals surface area contributed by atoms with Gasteiger partial charge >= 0.3 is 6.18 Å². The van der Waals surface area contributed by atoms with Crippen molar-refractivity contribution < 1.29 is 17.9 Å². The first-order chi connectivity index (χ1) is 8.91. The topological polar surface area (TPSA) is 9.23 Å². The summed E-state index contributed by atoms with van der Waals surface area (Å²) >= 11 is 6.76. The van der Waals surface area contributed by atoms with Crippen LogP contribution < -0.4 is 0 Å². The second-order valence-electron chi connectivity index (χ2n) is 4.54. The third kappa shape index (κ3) is 6.27. The highest BCUT2D eigenvalue weighted by molar-refractivity contribution is 9.09. The smallest absolute Gasteiger partial charge is 0.371 e. The molecule has 0 atom stereocenters. The monoisotopic (exact) mass is 402 g/mol. The third-order valence-corrected chi connectivity index (χ3v) is 5.04. The van der Waals surface area contributed by atoms with Crippen molar-refractivity contribution in [3.8, 4) is 0 Å². The van der Waals surface area contributed by atoms with Crippen LogP contribution in [0, 0.1) is 5.41 Å². The molecular weight excluding hydrogens is 389 g/mol. The number of ether oxygens (including phenoxy) is 1. The van der Waals surface area contributed by atoms with Crippen LogP contribution in [0.15, 0.2) is 30.3 Å². The first-order valence-corrected chi connectivity index (χ1v) is 7.95. The largest absolute Gasteiger partial charge is 0.411 e. The Balaban J connectivity index is 2.63. The fraction of sp³-hybridized carbons (Fsp3) is 0.538. The molecule has 0 aliphatic carbocycles. The van der Waals surface area contributed by atoms with Crippen LogP contribution in [0.1, 0.15) is 5.56 Å². The van der Waals surface area contributed by atoms with Crippen LogP contribution in [0.3, 0.4) is 0 Å². The molecule has 0 aromatic heterocycles. The van der Waals surface area contributed by atoms with Gasteiger partial charge in [-0.15, -0.1) is 0 Å². The summed E-state index contributed by atoms with van der Waals surface area (Å²) in [5.74, 6) is 0. The molecule has 0 spiro atoms. The van der Waals surface area contributed by atoms with Crippen LogP contribution in [-0.2, 0) is 11.2 Å². The first kappa shape index (κ1) is 17.0. The SMILES string of the molecule is FC(F)(F)COCC(CBr)(CBr)Cc1ccccc1.